The predicted molar refractivity (Wildman–Crippen MR) is 126 cm³/mol. The second kappa shape index (κ2) is 11.8. The molecule has 0 unspecified atom stereocenters. The lowest BCUT2D eigenvalue weighted by Crippen LogP contribution is -2.34. The summed E-state index contributed by atoms with van der Waals surface area (Å²) < 4.78 is 155. The third kappa shape index (κ3) is 7.24. The fraction of sp³-hybridized carbons (Fsp3) is 0.357. The maximum absolute atomic E-state index is 14.7. The van der Waals surface area contributed by atoms with Crippen molar-refractivity contribution in [1.29, 1.82) is 0 Å². The van der Waals surface area contributed by atoms with Crippen LogP contribution in [0.4, 0.5) is 43.9 Å². The van der Waals surface area contributed by atoms with Gasteiger partial charge in [-0.25, -0.2) is 26.3 Å². The first kappa shape index (κ1) is 30.5. The van der Waals surface area contributed by atoms with Gasteiger partial charge in [-0.1, -0.05) is 6.92 Å². The van der Waals surface area contributed by atoms with Crippen LogP contribution in [0.3, 0.4) is 0 Å². The second-order valence-corrected chi connectivity index (χ2v) is 9.71. The Balaban J connectivity index is 1.49. The van der Waals surface area contributed by atoms with E-state index in [0.717, 1.165) is 25.0 Å². The SMILES string of the molecule is CC1CCC(OCC(F)(F)Oc2ccc(-c3cc(F)c(C(F)(F)Oc4cc(F)c(F)c(F)c4)c(F)c3)c(F)c2)CC1. The van der Waals surface area contributed by atoms with Gasteiger partial charge < -0.3 is 14.2 Å². The van der Waals surface area contributed by atoms with Crippen molar-refractivity contribution in [2.75, 3.05) is 6.61 Å². The fourth-order valence-electron chi connectivity index (χ4n) is 4.40. The topological polar surface area (TPSA) is 27.7 Å². The molecule has 0 heterocycles. The summed E-state index contributed by atoms with van der Waals surface area (Å²) in [5.74, 6) is -12.3. The maximum Gasteiger partial charge on any atom is 0.432 e. The Morgan fingerprint density at radius 2 is 1.24 bits per heavy atom. The van der Waals surface area contributed by atoms with Crippen LogP contribution in [-0.4, -0.2) is 18.8 Å². The Hall–Kier alpha value is -3.48. The van der Waals surface area contributed by atoms with E-state index in [-0.39, 0.29) is 18.2 Å². The fourth-order valence-corrected chi connectivity index (χ4v) is 4.40. The zero-order chi connectivity index (χ0) is 30.1. The van der Waals surface area contributed by atoms with E-state index >= 15 is 0 Å². The molecule has 4 rings (SSSR count). The van der Waals surface area contributed by atoms with Gasteiger partial charge in [-0.3, -0.25) is 0 Å². The first-order valence-corrected chi connectivity index (χ1v) is 12.3. The van der Waals surface area contributed by atoms with Gasteiger partial charge in [0.2, 0.25) is 0 Å². The minimum atomic E-state index is -4.84. The van der Waals surface area contributed by atoms with Gasteiger partial charge >= 0.3 is 12.2 Å². The largest absolute Gasteiger partial charge is 0.432 e. The summed E-state index contributed by atoms with van der Waals surface area (Å²) in [4.78, 5) is 0. The Labute approximate surface area is 227 Å². The molecular weight excluding hydrogens is 574 g/mol. The lowest BCUT2D eigenvalue weighted by Gasteiger charge is -2.28. The minimum Gasteiger partial charge on any atom is -0.431 e. The summed E-state index contributed by atoms with van der Waals surface area (Å²) in [5.41, 5.74) is -3.13. The molecule has 3 aromatic rings. The summed E-state index contributed by atoms with van der Waals surface area (Å²) in [6, 6.07) is 2.96. The van der Waals surface area contributed by atoms with Gasteiger partial charge in [0.1, 0.15) is 34.5 Å². The van der Waals surface area contributed by atoms with Crippen molar-refractivity contribution in [1.82, 2.24) is 0 Å². The van der Waals surface area contributed by atoms with Crippen molar-refractivity contribution >= 4 is 0 Å². The van der Waals surface area contributed by atoms with E-state index < -0.39 is 81.9 Å². The van der Waals surface area contributed by atoms with Crippen molar-refractivity contribution in [3.8, 4) is 22.6 Å². The van der Waals surface area contributed by atoms with Crippen molar-refractivity contribution in [2.24, 2.45) is 5.92 Å². The van der Waals surface area contributed by atoms with E-state index in [4.69, 9.17) is 4.74 Å². The minimum absolute atomic E-state index is 0.0432. The molecule has 1 fully saturated rings. The van der Waals surface area contributed by atoms with E-state index in [1.165, 1.54) is 0 Å². The maximum atomic E-state index is 14.7. The zero-order valence-electron chi connectivity index (χ0n) is 21.2. The zero-order valence-corrected chi connectivity index (χ0v) is 21.2. The first-order chi connectivity index (χ1) is 19.1. The van der Waals surface area contributed by atoms with Gasteiger partial charge in [0, 0.05) is 23.8 Å². The molecule has 0 saturated heterocycles. The molecule has 0 radical (unpaired) electrons. The summed E-state index contributed by atoms with van der Waals surface area (Å²) in [6.45, 7) is 0.969. The van der Waals surface area contributed by atoms with Gasteiger partial charge in [0.05, 0.1) is 6.10 Å². The number of halogens is 10. The molecule has 41 heavy (non-hydrogen) atoms. The van der Waals surface area contributed by atoms with Gasteiger partial charge in [-0.2, -0.15) is 17.6 Å². The van der Waals surface area contributed by atoms with Gasteiger partial charge in [0.15, 0.2) is 24.1 Å². The van der Waals surface area contributed by atoms with Crippen molar-refractivity contribution < 1.29 is 58.1 Å². The van der Waals surface area contributed by atoms with Crippen LogP contribution in [0, 0.1) is 40.8 Å². The summed E-state index contributed by atoms with van der Waals surface area (Å²) in [7, 11) is 0. The van der Waals surface area contributed by atoms with E-state index in [1.54, 1.807) is 0 Å². The third-order valence-corrected chi connectivity index (χ3v) is 6.51. The lowest BCUT2D eigenvalue weighted by molar-refractivity contribution is -0.222. The molecule has 0 N–H and O–H groups in total. The molecule has 13 heteroatoms. The molecular formula is C28H22F10O3. The number of ether oxygens (including phenoxy) is 3. The molecule has 0 spiro atoms. The predicted octanol–water partition coefficient (Wildman–Crippen LogP) is 8.88. The van der Waals surface area contributed by atoms with Crippen molar-refractivity contribution in [2.45, 2.75) is 50.9 Å². The molecule has 0 atom stereocenters. The van der Waals surface area contributed by atoms with Crippen LogP contribution in [-0.2, 0) is 10.8 Å². The van der Waals surface area contributed by atoms with E-state index in [1.807, 2.05) is 0 Å². The number of alkyl halides is 4. The van der Waals surface area contributed by atoms with Crippen LogP contribution in [0.2, 0.25) is 0 Å². The number of hydrogen-bond acceptors (Lipinski definition) is 3. The molecule has 222 valence electrons. The first-order valence-electron chi connectivity index (χ1n) is 12.3. The average molecular weight is 596 g/mol. The number of hydrogen-bond donors (Lipinski definition) is 0. The van der Waals surface area contributed by atoms with Crippen molar-refractivity contribution in [3.63, 3.8) is 0 Å². The molecule has 1 aliphatic carbocycles. The molecule has 0 aliphatic heterocycles. The second-order valence-electron chi connectivity index (χ2n) is 9.71. The molecule has 3 nitrogen and oxygen atoms in total. The monoisotopic (exact) mass is 596 g/mol. The standard InChI is InChI=1S/C28H22F10O3/c1-14-2-4-16(5-3-14)39-13-27(35,36)40-17-6-7-19(20(29)10-17)15-8-21(30)25(22(31)9-15)28(37,38)41-18-11-23(32)26(34)24(33)12-18/h6-12,14,16H,2-5,13H2,1H3. The summed E-state index contributed by atoms with van der Waals surface area (Å²) >= 11 is 0. The van der Waals surface area contributed by atoms with Crippen LogP contribution in [0.5, 0.6) is 11.5 Å². The third-order valence-electron chi connectivity index (χ3n) is 6.51. The van der Waals surface area contributed by atoms with Crippen LogP contribution in [0.1, 0.15) is 38.2 Å². The normalized spacial score (nSPS) is 17.9. The molecule has 1 saturated carbocycles. The van der Waals surface area contributed by atoms with Crippen LogP contribution in [0.25, 0.3) is 11.1 Å². The smallest absolute Gasteiger partial charge is 0.431 e. The molecule has 0 bridgehead atoms. The highest BCUT2D eigenvalue weighted by Gasteiger charge is 2.42. The van der Waals surface area contributed by atoms with E-state index in [0.29, 0.717) is 37.0 Å². The Morgan fingerprint density at radius 1 is 0.683 bits per heavy atom. The van der Waals surface area contributed by atoms with Crippen molar-refractivity contribution in [3.05, 3.63) is 82.9 Å². The number of rotatable bonds is 9. The van der Waals surface area contributed by atoms with E-state index in [2.05, 4.69) is 16.4 Å². The van der Waals surface area contributed by atoms with Crippen LogP contribution in [0.15, 0.2) is 42.5 Å². The number of benzene rings is 3. The van der Waals surface area contributed by atoms with Gasteiger partial charge in [-0.05, 0) is 61.4 Å². The summed E-state index contributed by atoms with van der Waals surface area (Å²) in [6.07, 6.45) is -6.11. The molecule has 3 aromatic carbocycles. The Kier molecular flexibility index (Phi) is 8.76. The average Bonchev–Trinajstić information content (AvgIpc) is 2.86. The summed E-state index contributed by atoms with van der Waals surface area (Å²) in [5, 5.41) is 0. The van der Waals surface area contributed by atoms with Gasteiger partial charge in [-0.15, -0.1) is 0 Å². The van der Waals surface area contributed by atoms with Crippen LogP contribution < -0.4 is 9.47 Å². The Morgan fingerprint density at radius 3 is 1.80 bits per heavy atom. The molecule has 0 amide bonds. The lowest BCUT2D eigenvalue weighted by atomic mass is 9.89. The van der Waals surface area contributed by atoms with E-state index in [9.17, 15) is 43.9 Å². The quantitative estimate of drug-likeness (QED) is 0.183. The Bertz CT molecular complexity index is 1360. The van der Waals surface area contributed by atoms with Crippen LogP contribution >= 0.6 is 0 Å². The highest BCUT2D eigenvalue weighted by Crippen LogP contribution is 2.38. The highest BCUT2D eigenvalue weighted by molar-refractivity contribution is 5.66. The highest BCUT2D eigenvalue weighted by atomic mass is 19.3. The molecule has 1 aliphatic rings. The molecule has 0 aromatic heterocycles. The van der Waals surface area contributed by atoms with Gasteiger partial charge in [0.25, 0.3) is 0 Å².